The molecule has 0 unspecified atom stereocenters. The maximum absolute atomic E-state index is 5.41. The molecule has 2 fully saturated rings. The van der Waals surface area contributed by atoms with Gasteiger partial charge in [0.1, 0.15) is 11.5 Å². The van der Waals surface area contributed by atoms with Crippen LogP contribution in [0.2, 0.25) is 0 Å². The Kier molecular flexibility index (Phi) is 5.79. The van der Waals surface area contributed by atoms with Crippen LogP contribution in [0.5, 0.6) is 11.5 Å². The third kappa shape index (κ3) is 4.39. The van der Waals surface area contributed by atoms with E-state index in [1.165, 1.54) is 64.0 Å². The van der Waals surface area contributed by atoms with Gasteiger partial charge < -0.3 is 19.3 Å². The van der Waals surface area contributed by atoms with Crippen LogP contribution in [-0.2, 0) is 0 Å². The van der Waals surface area contributed by atoms with Crippen molar-refractivity contribution in [3.8, 4) is 11.5 Å². The SMILES string of the molecule is COc1cc(OC)cc([C@H]2CCN(CCN3CCCCC3)C2)c1. The lowest BCUT2D eigenvalue weighted by molar-refractivity contribution is 0.195. The first-order valence-electron chi connectivity index (χ1n) is 8.96. The van der Waals surface area contributed by atoms with Crippen LogP contribution in [0, 0.1) is 0 Å². The standard InChI is InChI=1S/C19H30N2O2/c1-22-18-12-17(13-19(14-18)23-2)16-6-9-21(15-16)11-10-20-7-4-3-5-8-20/h12-14,16H,3-11,15H2,1-2H3/t16-/m0/s1. The molecule has 128 valence electrons. The van der Waals surface area contributed by atoms with E-state index in [4.69, 9.17) is 9.47 Å². The summed E-state index contributed by atoms with van der Waals surface area (Å²) in [7, 11) is 3.44. The van der Waals surface area contributed by atoms with Gasteiger partial charge in [-0.2, -0.15) is 0 Å². The fourth-order valence-electron chi connectivity index (χ4n) is 3.84. The van der Waals surface area contributed by atoms with Crippen LogP contribution in [0.25, 0.3) is 0 Å². The minimum absolute atomic E-state index is 0.598. The molecule has 0 amide bonds. The molecule has 0 radical (unpaired) electrons. The molecule has 1 aromatic carbocycles. The lowest BCUT2D eigenvalue weighted by atomic mass is 9.98. The smallest absolute Gasteiger partial charge is 0.122 e. The predicted molar refractivity (Wildman–Crippen MR) is 93.6 cm³/mol. The van der Waals surface area contributed by atoms with Crippen LogP contribution >= 0.6 is 0 Å². The Morgan fingerprint density at radius 2 is 1.52 bits per heavy atom. The average Bonchev–Trinajstić information content (AvgIpc) is 3.09. The normalized spacial score (nSPS) is 23.1. The Hall–Kier alpha value is -1.26. The average molecular weight is 318 g/mol. The lowest BCUT2D eigenvalue weighted by Gasteiger charge is -2.28. The number of hydrogen-bond acceptors (Lipinski definition) is 4. The fraction of sp³-hybridized carbons (Fsp3) is 0.684. The largest absolute Gasteiger partial charge is 0.497 e. The molecule has 3 rings (SSSR count). The topological polar surface area (TPSA) is 24.9 Å². The molecule has 2 heterocycles. The van der Waals surface area contributed by atoms with Gasteiger partial charge in [0.15, 0.2) is 0 Å². The second-order valence-corrected chi connectivity index (χ2v) is 6.83. The molecule has 4 nitrogen and oxygen atoms in total. The summed E-state index contributed by atoms with van der Waals surface area (Å²) >= 11 is 0. The summed E-state index contributed by atoms with van der Waals surface area (Å²) in [6.45, 7) is 7.39. The molecule has 2 saturated heterocycles. The molecule has 0 aromatic heterocycles. The Bertz CT molecular complexity index is 478. The van der Waals surface area contributed by atoms with E-state index < -0.39 is 0 Å². The minimum Gasteiger partial charge on any atom is -0.497 e. The van der Waals surface area contributed by atoms with Gasteiger partial charge >= 0.3 is 0 Å². The number of likely N-dealkylation sites (tertiary alicyclic amines) is 2. The quantitative estimate of drug-likeness (QED) is 0.805. The zero-order valence-electron chi connectivity index (χ0n) is 14.6. The van der Waals surface area contributed by atoms with Crippen molar-refractivity contribution in [1.29, 1.82) is 0 Å². The number of hydrogen-bond donors (Lipinski definition) is 0. The van der Waals surface area contributed by atoms with Crippen LogP contribution in [0.1, 0.15) is 37.2 Å². The molecular weight excluding hydrogens is 288 g/mol. The van der Waals surface area contributed by atoms with Crippen molar-refractivity contribution in [3.05, 3.63) is 23.8 Å². The molecule has 2 aliphatic heterocycles. The first-order valence-corrected chi connectivity index (χ1v) is 8.96. The van der Waals surface area contributed by atoms with Gasteiger partial charge in [-0.25, -0.2) is 0 Å². The maximum Gasteiger partial charge on any atom is 0.122 e. The van der Waals surface area contributed by atoms with E-state index in [1.807, 2.05) is 6.07 Å². The number of nitrogens with zero attached hydrogens (tertiary/aromatic N) is 2. The number of methoxy groups -OCH3 is 2. The van der Waals surface area contributed by atoms with Gasteiger partial charge in [0.2, 0.25) is 0 Å². The monoisotopic (exact) mass is 318 g/mol. The summed E-state index contributed by atoms with van der Waals surface area (Å²) in [5, 5.41) is 0. The number of piperidine rings is 1. The van der Waals surface area contributed by atoms with Crippen molar-refractivity contribution in [1.82, 2.24) is 9.80 Å². The number of rotatable bonds is 6. The third-order valence-corrected chi connectivity index (χ3v) is 5.30. The van der Waals surface area contributed by atoms with E-state index in [2.05, 4.69) is 21.9 Å². The molecule has 1 aromatic rings. The highest BCUT2D eigenvalue weighted by atomic mass is 16.5. The zero-order chi connectivity index (χ0) is 16.1. The Morgan fingerprint density at radius 3 is 2.17 bits per heavy atom. The highest BCUT2D eigenvalue weighted by Gasteiger charge is 2.25. The van der Waals surface area contributed by atoms with Crippen molar-refractivity contribution in [3.63, 3.8) is 0 Å². The highest BCUT2D eigenvalue weighted by Crippen LogP contribution is 2.32. The predicted octanol–water partition coefficient (Wildman–Crippen LogP) is 2.98. The Balaban J connectivity index is 1.54. The molecule has 0 aliphatic carbocycles. The van der Waals surface area contributed by atoms with Crippen molar-refractivity contribution in [2.45, 2.75) is 31.6 Å². The Morgan fingerprint density at radius 1 is 0.870 bits per heavy atom. The van der Waals surface area contributed by atoms with Crippen molar-refractivity contribution < 1.29 is 9.47 Å². The summed E-state index contributed by atoms with van der Waals surface area (Å²) in [5.74, 6) is 2.39. The fourth-order valence-corrected chi connectivity index (χ4v) is 3.84. The molecule has 0 saturated carbocycles. The van der Waals surface area contributed by atoms with E-state index in [-0.39, 0.29) is 0 Å². The summed E-state index contributed by atoms with van der Waals surface area (Å²) in [5.41, 5.74) is 1.35. The van der Waals surface area contributed by atoms with Crippen molar-refractivity contribution >= 4 is 0 Å². The Labute approximate surface area is 140 Å². The van der Waals surface area contributed by atoms with Crippen LogP contribution in [0.15, 0.2) is 18.2 Å². The van der Waals surface area contributed by atoms with Crippen molar-refractivity contribution in [2.75, 3.05) is 53.5 Å². The van der Waals surface area contributed by atoms with Crippen LogP contribution in [0.4, 0.5) is 0 Å². The second kappa shape index (κ2) is 8.02. The molecule has 0 spiro atoms. The first-order chi connectivity index (χ1) is 11.3. The number of benzene rings is 1. The molecule has 0 bridgehead atoms. The van der Waals surface area contributed by atoms with Gasteiger partial charge in [0.05, 0.1) is 14.2 Å². The van der Waals surface area contributed by atoms with Crippen LogP contribution in [-0.4, -0.2) is 63.3 Å². The number of ether oxygens (including phenoxy) is 2. The van der Waals surface area contributed by atoms with E-state index in [1.54, 1.807) is 14.2 Å². The zero-order valence-corrected chi connectivity index (χ0v) is 14.6. The molecule has 0 N–H and O–H groups in total. The summed E-state index contributed by atoms with van der Waals surface area (Å²) < 4.78 is 10.8. The van der Waals surface area contributed by atoms with Gasteiger partial charge in [0.25, 0.3) is 0 Å². The summed E-state index contributed by atoms with van der Waals surface area (Å²) in [4.78, 5) is 5.25. The van der Waals surface area contributed by atoms with Crippen LogP contribution < -0.4 is 9.47 Å². The minimum atomic E-state index is 0.598. The van der Waals surface area contributed by atoms with Gasteiger partial charge in [0, 0.05) is 25.7 Å². The van der Waals surface area contributed by atoms with Gasteiger partial charge in [-0.15, -0.1) is 0 Å². The third-order valence-electron chi connectivity index (χ3n) is 5.30. The van der Waals surface area contributed by atoms with E-state index in [0.717, 1.165) is 18.0 Å². The molecule has 4 heteroatoms. The lowest BCUT2D eigenvalue weighted by Crippen LogP contribution is -2.37. The summed E-state index contributed by atoms with van der Waals surface area (Å²) in [6.07, 6.45) is 5.41. The van der Waals surface area contributed by atoms with E-state index >= 15 is 0 Å². The molecule has 1 atom stereocenters. The van der Waals surface area contributed by atoms with Crippen molar-refractivity contribution in [2.24, 2.45) is 0 Å². The highest BCUT2D eigenvalue weighted by molar-refractivity contribution is 5.40. The molecule has 2 aliphatic rings. The van der Waals surface area contributed by atoms with Crippen LogP contribution in [0.3, 0.4) is 0 Å². The first kappa shape index (κ1) is 16.6. The van der Waals surface area contributed by atoms with Gasteiger partial charge in [-0.3, -0.25) is 0 Å². The molecule has 23 heavy (non-hydrogen) atoms. The second-order valence-electron chi connectivity index (χ2n) is 6.83. The van der Waals surface area contributed by atoms with Gasteiger partial charge in [-0.1, -0.05) is 6.42 Å². The molecular formula is C19H30N2O2. The van der Waals surface area contributed by atoms with Gasteiger partial charge in [-0.05, 0) is 62.5 Å². The van der Waals surface area contributed by atoms with E-state index in [0.29, 0.717) is 5.92 Å². The summed E-state index contributed by atoms with van der Waals surface area (Å²) in [6, 6.07) is 6.29. The van der Waals surface area contributed by atoms with E-state index in [9.17, 15) is 0 Å². The maximum atomic E-state index is 5.41.